The lowest BCUT2D eigenvalue weighted by Crippen LogP contribution is -2.53. The Morgan fingerprint density at radius 2 is 1.63 bits per heavy atom. The van der Waals surface area contributed by atoms with E-state index in [2.05, 4.69) is 10.6 Å². The van der Waals surface area contributed by atoms with Crippen molar-refractivity contribution in [3.8, 4) is 11.8 Å². The number of rotatable bonds is 9. The van der Waals surface area contributed by atoms with Crippen molar-refractivity contribution in [3.05, 3.63) is 93.5 Å². The van der Waals surface area contributed by atoms with Crippen molar-refractivity contribution in [2.45, 2.75) is 65.6 Å². The number of amides is 3. The maximum Gasteiger partial charge on any atom is 0.408 e. The third kappa shape index (κ3) is 8.72. The third-order valence-corrected chi connectivity index (χ3v) is 7.18. The minimum atomic E-state index is -1.24. The van der Waals surface area contributed by atoms with Crippen molar-refractivity contribution in [1.29, 1.82) is 5.26 Å². The molecule has 0 aliphatic rings. The molecule has 2 atom stereocenters. The summed E-state index contributed by atoms with van der Waals surface area (Å²) in [7, 11) is 0. The van der Waals surface area contributed by atoms with Crippen LogP contribution in [0.2, 0.25) is 5.02 Å². The highest BCUT2D eigenvalue weighted by atomic mass is 35.5. The molecule has 0 aromatic heterocycles. The van der Waals surface area contributed by atoms with Gasteiger partial charge in [-0.1, -0.05) is 54.1 Å². The van der Waals surface area contributed by atoms with Crippen LogP contribution in [0.4, 0.5) is 10.5 Å². The second kappa shape index (κ2) is 14.1. The lowest BCUT2D eigenvalue weighted by Gasteiger charge is -2.34. The van der Waals surface area contributed by atoms with E-state index >= 15 is 0 Å². The van der Waals surface area contributed by atoms with Crippen molar-refractivity contribution in [2.24, 2.45) is 0 Å². The lowest BCUT2D eigenvalue weighted by atomic mass is 9.94. The minimum Gasteiger partial charge on any atom is -0.508 e. The second-order valence-corrected chi connectivity index (χ2v) is 11.7. The van der Waals surface area contributed by atoms with Crippen LogP contribution in [0.15, 0.2) is 60.7 Å². The summed E-state index contributed by atoms with van der Waals surface area (Å²) in [5.74, 6) is -1.20. The van der Waals surface area contributed by atoms with Crippen LogP contribution >= 0.6 is 11.6 Å². The van der Waals surface area contributed by atoms with Crippen molar-refractivity contribution >= 4 is 35.2 Å². The molecule has 2 unspecified atom stereocenters. The number of aryl methyl sites for hydroxylation is 2. The highest BCUT2D eigenvalue weighted by Crippen LogP contribution is 2.31. The summed E-state index contributed by atoms with van der Waals surface area (Å²) >= 11 is 6.42. The Labute approximate surface area is 257 Å². The minimum absolute atomic E-state index is 0.00500. The Kier molecular flexibility index (Phi) is 10.8. The highest BCUT2D eigenvalue weighted by molar-refractivity contribution is 6.34. The summed E-state index contributed by atoms with van der Waals surface area (Å²) in [4.78, 5) is 42.5. The average molecular weight is 605 g/mol. The van der Waals surface area contributed by atoms with E-state index in [1.807, 2.05) is 26.0 Å². The first-order chi connectivity index (χ1) is 20.2. The maximum atomic E-state index is 14.4. The normalized spacial score (nSPS) is 12.4. The zero-order valence-corrected chi connectivity index (χ0v) is 26.0. The summed E-state index contributed by atoms with van der Waals surface area (Å²) in [6.07, 6.45) is -0.827. The molecule has 0 spiro atoms. The molecule has 3 amide bonds. The number of nitrogens with zero attached hydrogens (tertiary/aromatic N) is 2. The van der Waals surface area contributed by atoms with Gasteiger partial charge in [0.15, 0.2) is 0 Å². The Balaban J connectivity index is 2.12. The molecular formula is C33H37ClN4O5. The van der Waals surface area contributed by atoms with E-state index in [1.165, 1.54) is 12.1 Å². The molecule has 3 aromatic rings. The summed E-state index contributed by atoms with van der Waals surface area (Å²) in [6, 6.07) is 16.3. The zero-order valence-electron chi connectivity index (χ0n) is 25.2. The number of hydrogen-bond donors (Lipinski definition) is 3. The molecule has 10 heteroatoms. The Hall–Kier alpha value is -4.55. The number of ether oxygens (including phenoxy) is 1. The first-order valence-electron chi connectivity index (χ1n) is 13.8. The van der Waals surface area contributed by atoms with Crippen LogP contribution in [0.5, 0.6) is 5.75 Å². The predicted octanol–water partition coefficient (Wildman–Crippen LogP) is 6.14. The molecule has 0 fully saturated rings. The van der Waals surface area contributed by atoms with E-state index in [0.717, 1.165) is 21.6 Å². The molecule has 0 bridgehead atoms. The number of carbonyl (C=O) groups excluding carboxylic acids is 3. The van der Waals surface area contributed by atoms with Gasteiger partial charge in [-0.15, -0.1) is 0 Å². The van der Waals surface area contributed by atoms with Gasteiger partial charge >= 0.3 is 6.09 Å². The molecule has 3 rings (SSSR count). The standard InChI is InChI=1S/C33H37ClN4O5/c1-20-9-7-11-25(22(20)3)29(30(40)37-28-21(2)10-8-12-26(28)34)38(18-17-35)31(41)27(36-32(42)43-33(4,5)6)19-23-13-15-24(39)16-14-23/h7-16,27,29,39H,18-19H2,1-6H3,(H,36,42)(H,37,40). The quantitative estimate of drug-likeness (QED) is 0.251. The Morgan fingerprint density at radius 3 is 2.23 bits per heavy atom. The fraction of sp³-hybridized carbons (Fsp3) is 0.333. The van der Waals surface area contributed by atoms with Gasteiger partial charge in [0.05, 0.1) is 16.8 Å². The number of hydrogen-bond acceptors (Lipinski definition) is 6. The smallest absolute Gasteiger partial charge is 0.408 e. The number of benzene rings is 3. The Morgan fingerprint density at radius 1 is 1.00 bits per heavy atom. The average Bonchev–Trinajstić information content (AvgIpc) is 2.92. The first kappa shape index (κ1) is 33.0. The number of phenolic OH excluding ortho intramolecular Hbond substituents is 1. The number of carbonyl (C=O) groups is 3. The van der Waals surface area contributed by atoms with E-state index in [1.54, 1.807) is 70.2 Å². The number of anilines is 1. The number of para-hydroxylation sites is 1. The molecule has 43 heavy (non-hydrogen) atoms. The molecular weight excluding hydrogens is 568 g/mol. The van der Waals surface area contributed by atoms with Gasteiger partial charge in [0.25, 0.3) is 5.91 Å². The molecule has 0 radical (unpaired) electrons. The molecule has 0 saturated carbocycles. The molecule has 0 heterocycles. The summed E-state index contributed by atoms with van der Waals surface area (Å²) < 4.78 is 5.43. The number of nitrogens with one attached hydrogen (secondary N) is 2. The van der Waals surface area contributed by atoms with Crippen LogP contribution in [0.3, 0.4) is 0 Å². The van der Waals surface area contributed by atoms with Crippen LogP contribution in [-0.2, 0) is 20.7 Å². The number of halogens is 1. The van der Waals surface area contributed by atoms with E-state index in [9.17, 15) is 24.8 Å². The van der Waals surface area contributed by atoms with Gasteiger partial charge in [0.2, 0.25) is 5.91 Å². The summed E-state index contributed by atoms with van der Waals surface area (Å²) in [5.41, 5.74) is 3.08. The molecule has 0 saturated heterocycles. The molecule has 3 aromatic carbocycles. The number of alkyl carbamates (subject to hydrolysis) is 1. The summed E-state index contributed by atoms with van der Waals surface area (Å²) in [6.45, 7) is 10.2. The third-order valence-electron chi connectivity index (χ3n) is 6.86. The lowest BCUT2D eigenvalue weighted by molar-refractivity contribution is -0.140. The highest BCUT2D eigenvalue weighted by Gasteiger charge is 2.37. The molecule has 9 nitrogen and oxygen atoms in total. The van der Waals surface area contributed by atoms with Crippen molar-refractivity contribution < 1.29 is 24.2 Å². The van der Waals surface area contributed by atoms with E-state index in [4.69, 9.17) is 16.3 Å². The van der Waals surface area contributed by atoms with Gasteiger partial charge in [-0.05, 0) is 87.6 Å². The number of aromatic hydroxyl groups is 1. The fourth-order valence-electron chi connectivity index (χ4n) is 4.59. The van der Waals surface area contributed by atoms with E-state index in [-0.39, 0.29) is 12.2 Å². The second-order valence-electron chi connectivity index (χ2n) is 11.3. The van der Waals surface area contributed by atoms with Gasteiger partial charge in [0.1, 0.15) is 30.0 Å². The fourth-order valence-corrected chi connectivity index (χ4v) is 4.86. The van der Waals surface area contributed by atoms with Crippen molar-refractivity contribution in [3.63, 3.8) is 0 Å². The van der Waals surface area contributed by atoms with Crippen molar-refractivity contribution in [2.75, 3.05) is 11.9 Å². The van der Waals surface area contributed by atoms with Crippen LogP contribution in [0.1, 0.15) is 54.6 Å². The molecule has 226 valence electrons. The zero-order chi connectivity index (χ0) is 31.9. The van der Waals surface area contributed by atoms with Crippen LogP contribution in [-0.4, -0.2) is 46.1 Å². The molecule has 0 aliphatic carbocycles. The monoisotopic (exact) mass is 604 g/mol. The van der Waals surface area contributed by atoms with E-state index in [0.29, 0.717) is 21.8 Å². The van der Waals surface area contributed by atoms with Gasteiger partial charge in [0, 0.05) is 6.42 Å². The van der Waals surface area contributed by atoms with Gasteiger partial charge in [-0.3, -0.25) is 9.59 Å². The summed E-state index contributed by atoms with van der Waals surface area (Å²) in [5, 5.41) is 25.4. The number of phenols is 1. The maximum absolute atomic E-state index is 14.4. The first-order valence-corrected chi connectivity index (χ1v) is 14.2. The topological polar surface area (TPSA) is 132 Å². The van der Waals surface area contributed by atoms with Gasteiger partial charge < -0.3 is 25.4 Å². The van der Waals surface area contributed by atoms with Crippen LogP contribution in [0, 0.1) is 32.1 Å². The van der Waals surface area contributed by atoms with Gasteiger partial charge in [-0.25, -0.2) is 4.79 Å². The van der Waals surface area contributed by atoms with Crippen molar-refractivity contribution in [1.82, 2.24) is 10.2 Å². The Bertz CT molecular complexity index is 1510. The largest absolute Gasteiger partial charge is 0.508 e. The SMILES string of the molecule is Cc1cccc(C(C(=O)Nc2c(C)cccc2Cl)N(CC#N)C(=O)C(Cc2ccc(O)cc2)NC(=O)OC(C)(C)C)c1C. The molecule has 3 N–H and O–H groups in total. The van der Waals surface area contributed by atoms with Crippen LogP contribution < -0.4 is 10.6 Å². The van der Waals surface area contributed by atoms with Gasteiger partial charge in [-0.2, -0.15) is 5.26 Å². The molecule has 0 aliphatic heterocycles. The van der Waals surface area contributed by atoms with E-state index < -0.39 is 42.1 Å². The predicted molar refractivity (Wildman–Crippen MR) is 166 cm³/mol. The number of nitriles is 1. The van der Waals surface area contributed by atoms with Crippen LogP contribution in [0.25, 0.3) is 0 Å².